The molecule has 0 spiro atoms. The van der Waals surface area contributed by atoms with Crippen LogP contribution in [0, 0.1) is 11.8 Å². The Kier molecular flexibility index (Phi) is 10.3. The van der Waals surface area contributed by atoms with Gasteiger partial charge in [0.25, 0.3) is 0 Å². The lowest BCUT2D eigenvalue weighted by Crippen LogP contribution is -2.33. The van der Waals surface area contributed by atoms with E-state index in [4.69, 9.17) is 0 Å². The fourth-order valence-corrected chi connectivity index (χ4v) is 3.22. The first-order valence-corrected chi connectivity index (χ1v) is 9.75. The van der Waals surface area contributed by atoms with Gasteiger partial charge in [-0.25, -0.2) is 0 Å². The molecular formula is C23H36N2O. The highest BCUT2D eigenvalue weighted by molar-refractivity contribution is 5.80. The second kappa shape index (κ2) is 12.2. The summed E-state index contributed by atoms with van der Waals surface area (Å²) in [5.74, 6) is 1.08. The van der Waals surface area contributed by atoms with Gasteiger partial charge in [-0.2, -0.15) is 0 Å². The summed E-state index contributed by atoms with van der Waals surface area (Å²) in [5, 5.41) is 4.20. The smallest absolute Gasteiger partial charge is 0.223 e. The van der Waals surface area contributed by atoms with Crippen molar-refractivity contribution in [3.63, 3.8) is 0 Å². The van der Waals surface area contributed by atoms with Gasteiger partial charge in [0.2, 0.25) is 5.91 Å². The third kappa shape index (κ3) is 6.99. The normalized spacial score (nSPS) is 18.7. The number of fused-ring (bicyclic) bond motifs is 1. The number of hydrogen-bond acceptors (Lipinski definition) is 2. The molecule has 1 N–H and O–H groups in total. The summed E-state index contributed by atoms with van der Waals surface area (Å²) < 4.78 is 0. The van der Waals surface area contributed by atoms with Crippen LogP contribution in [-0.4, -0.2) is 10.9 Å². The van der Waals surface area contributed by atoms with Crippen LogP contribution in [-0.2, 0) is 11.3 Å². The van der Waals surface area contributed by atoms with Crippen LogP contribution in [0.2, 0.25) is 0 Å². The molecule has 2 aromatic rings. The molecule has 3 nitrogen and oxygen atoms in total. The molecule has 0 radical (unpaired) electrons. The molecule has 1 unspecified atom stereocenters. The Hall–Kier alpha value is -2.16. The van der Waals surface area contributed by atoms with Crippen LogP contribution in [0.25, 0.3) is 10.9 Å². The first-order valence-electron chi connectivity index (χ1n) is 9.75. The van der Waals surface area contributed by atoms with Crippen molar-refractivity contribution >= 4 is 16.8 Å². The van der Waals surface area contributed by atoms with Crippen molar-refractivity contribution in [2.24, 2.45) is 11.8 Å². The van der Waals surface area contributed by atoms with E-state index in [2.05, 4.69) is 56.4 Å². The number of hydrogen-bond donors (Lipinski definition) is 1. The zero-order valence-electron chi connectivity index (χ0n) is 16.6. The second-order valence-electron chi connectivity index (χ2n) is 6.93. The molecular weight excluding hydrogens is 320 g/mol. The standard InChI is InChI=1S/C18H22N2O.C3H8.C2H4.H2/c1-13-5-4-7-16(9-13)18(21)20-12-14-10-15-6-2-3-8-17(15)19-11-14;1-3-2;1-2;/h2-3,6,8,10-11,13,16H,4-5,7,9,12H2,1H3,(H,20,21);3H2,1-2H3;1-2H2;1H/t13-,16?;;;/m1.../s1. The minimum Gasteiger partial charge on any atom is -0.352 e. The summed E-state index contributed by atoms with van der Waals surface area (Å²) in [4.78, 5) is 16.7. The highest BCUT2D eigenvalue weighted by Crippen LogP contribution is 2.28. The molecule has 1 fully saturated rings. The Balaban J connectivity index is 0.00000103. The average Bonchev–Trinajstić information content (AvgIpc) is 2.68. The number of benzene rings is 1. The fourth-order valence-electron chi connectivity index (χ4n) is 3.22. The summed E-state index contributed by atoms with van der Waals surface area (Å²) in [6.07, 6.45) is 7.61. The molecule has 1 heterocycles. The maximum absolute atomic E-state index is 12.2. The maximum atomic E-state index is 12.2. The largest absolute Gasteiger partial charge is 0.352 e. The van der Waals surface area contributed by atoms with Crippen LogP contribution < -0.4 is 5.32 Å². The number of amides is 1. The maximum Gasteiger partial charge on any atom is 0.223 e. The lowest BCUT2D eigenvalue weighted by atomic mass is 9.82. The first-order chi connectivity index (χ1) is 12.6. The number of rotatable bonds is 3. The second-order valence-corrected chi connectivity index (χ2v) is 6.93. The van der Waals surface area contributed by atoms with Gasteiger partial charge in [-0.1, -0.05) is 58.2 Å². The molecule has 0 aliphatic heterocycles. The lowest BCUT2D eigenvalue weighted by Gasteiger charge is -2.25. The number of pyridine rings is 1. The zero-order chi connectivity index (χ0) is 19.4. The molecule has 1 aliphatic carbocycles. The minimum atomic E-state index is 0. The summed E-state index contributed by atoms with van der Waals surface area (Å²) in [6, 6.07) is 10.2. The highest BCUT2D eigenvalue weighted by Gasteiger charge is 2.24. The SMILES string of the molecule is C=C.CCC.C[C@@H]1CCCC(C(=O)NCc2cnc3ccccc3c2)C1.[HH]. The van der Waals surface area contributed by atoms with Crippen molar-refractivity contribution in [3.8, 4) is 0 Å². The Morgan fingerprint density at radius 1 is 1.27 bits per heavy atom. The summed E-state index contributed by atoms with van der Waals surface area (Å²) in [6.45, 7) is 13.1. The van der Waals surface area contributed by atoms with Gasteiger partial charge in [0.15, 0.2) is 0 Å². The molecule has 1 amide bonds. The number of nitrogens with zero attached hydrogens (tertiary/aromatic N) is 1. The molecule has 2 atom stereocenters. The van der Waals surface area contributed by atoms with E-state index in [0.717, 1.165) is 29.3 Å². The molecule has 3 rings (SSSR count). The van der Waals surface area contributed by atoms with Gasteiger partial charge in [-0.05, 0) is 36.5 Å². The average molecular weight is 357 g/mol. The molecule has 1 aromatic heterocycles. The van der Waals surface area contributed by atoms with E-state index in [1.807, 2.05) is 24.4 Å². The molecule has 0 bridgehead atoms. The Labute approximate surface area is 160 Å². The van der Waals surface area contributed by atoms with Gasteiger partial charge in [-0.3, -0.25) is 9.78 Å². The highest BCUT2D eigenvalue weighted by atomic mass is 16.1. The predicted octanol–water partition coefficient (Wildman–Crippen LogP) is 6.14. The van der Waals surface area contributed by atoms with Gasteiger partial charge in [0, 0.05) is 25.5 Å². The van der Waals surface area contributed by atoms with Crippen molar-refractivity contribution in [3.05, 3.63) is 55.3 Å². The number of nitrogens with one attached hydrogen (secondary N) is 1. The summed E-state index contributed by atoms with van der Waals surface area (Å²) in [7, 11) is 0. The Morgan fingerprint density at radius 2 is 1.96 bits per heavy atom. The fraction of sp³-hybridized carbons (Fsp3) is 0.478. The number of para-hydroxylation sites is 1. The number of aromatic nitrogens is 1. The van der Waals surface area contributed by atoms with Crippen LogP contribution in [0.4, 0.5) is 0 Å². The van der Waals surface area contributed by atoms with Crippen molar-refractivity contribution in [1.29, 1.82) is 0 Å². The van der Waals surface area contributed by atoms with E-state index in [0.29, 0.717) is 12.5 Å². The quantitative estimate of drug-likeness (QED) is 0.671. The summed E-state index contributed by atoms with van der Waals surface area (Å²) in [5.41, 5.74) is 2.06. The van der Waals surface area contributed by atoms with E-state index in [1.54, 1.807) is 0 Å². The number of carbonyl (C=O) groups excluding carboxylic acids is 1. The molecule has 144 valence electrons. The third-order valence-electron chi connectivity index (χ3n) is 4.42. The molecule has 1 aliphatic rings. The van der Waals surface area contributed by atoms with Crippen LogP contribution in [0.1, 0.15) is 59.9 Å². The lowest BCUT2D eigenvalue weighted by molar-refractivity contribution is -0.126. The monoisotopic (exact) mass is 356 g/mol. The van der Waals surface area contributed by atoms with Gasteiger partial charge < -0.3 is 5.32 Å². The van der Waals surface area contributed by atoms with Crippen molar-refractivity contribution in [2.45, 2.75) is 59.4 Å². The predicted molar refractivity (Wildman–Crippen MR) is 114 cm³/mol. The van der Waals surface area contributed by atoms with E-state index in [1.165, 1.54) is 19.3 Å². The molecule has 26 heavy (non-hydrogen) atoms. The third-order valence-corrected chi connectivity index (χ3v) is 4.42. The van der Waals surface area contributed by atoms with E-state index >= 15 is 0 Å². The molecule has 1 saturated carbocycles. The first kappa shape index (κ1) is 21.9. The molecule has 0 saturated heterocycles. The van der Waals surface area contributed by atoms with E-state index < -0.39 is 0 Å². The van der Waals surface area contributed by atoms with Gasteiger partial charge in [0.1, 0.15) is 0 Å². The van der Waals surface area contributed by atoms with E-state index in [9.17, 15) is 4.79 Å². The molecule has 1 aromatic carbocycles. The van der Waals surface area contributed by atoms with Crippen LogP contribution >= 0.6 is 0 Å². The Morgan fingerprint density at radius 3 is 2.65 bits per heavy atom. The van der Waals surface area contributed by atoms with Crippen molar-refractivity contribution in [1.82, 2.24) is 10.3 Å². The van der Waals surface area contributed by atoms with Crippen molar-refractivity contribution < 1.29 is 6.22 Å². The topological polar surface area (TPSA) is 42.0 Å². The van der Waals surface area contributed by atoms with Crippen molar-refractivity contribution in [2.75, 3.05) is 0 Å². The Bertz CT molecular complexity index is 674. The van der Waals surface area contributed by atoms with Crippen LogP contribution in [0.3, 0.4) is 0 Å². The van der Waals surface area contributed by atoms with Gasteiger partial charge in [0.05, 0.1) is 5.52 Å². The molecule has 3 heteroatoms. The van der Waals surface area contributed by atoms with Gasteiger partial charge in [-0.15, -0.1) is 13.2 Å². The number of carbonyl (C=O) groups is 1. The van der Waals surface area contributed by atoms with E-state index in [-0.39, 0.29) is 13.3 Å². The van der Waals surface area contributed by atoms with Crippen LogP contribution in [0.5, 0.6) is 0 Å². The van der Waals surface area contributed by atoms with Crippen LogP contribution in [0.15, 0.2) is 49.7 Å². The van der Waals surface area contributed by atoms with Gasteiger partial charge >= 0.3 is 0 Å². The minimum absolute atomic E-state index is 0. The summed E-state index contributed by atoms with van der Waals surface area (Å²) >= 11 is 0. The zero-order valence-corrected chi connectivity index (χ0v) is 16.6.